The van der Waals surface area contributed by atoms with Crippen molar-refractivity contribution < 1.29 is 33.7 Å². The molecule has 0 spiro atoms. The summed E-state index contributed by atoms with van der Waals surface area (Å²) in [6.45, 7) is 6.72. The lowest BCUT2D eigenvalue weighted by atomic mass is 10.1. The van der Waals surface area contributed by atoms with Crippen molar-refractivity contribution in [2.75, 3.05) is 18.6 Å². The van der Waals surface area contributed by atoms with Crippen LogP contribution in [0.2, 0.25) is 0 Å². The molecule has 0 radical (unpaired) electrons. The highest BCUT2D eigenvalue weighted by Gasteiger charge is 2.29. The summed E-state index contributed by atoms with van der Waals surface area (Å²) in [6.07, 6.45) is -0.0265. The summed E-state index contributed by atoms with van der Waals surface area (Å²) < 4.78 is 27.2. The van der Waals surface area contributed by atoms with Gasteiger partial charge in [-0.25, -0.2) is 24.1 Å². The first-order valence-corrected chi connectivity index (χ1v) is 14.8. The van der Waals surface area contributed by atoms with E-state index in [2.05, 4.69) is 25.3 Å². The quantitative estimate of drug-likeness (QED) is 0.186. The number of aromatic nitrogens is 4. The fourth-order valence-electron chi connectivity index (χ4n) is 4.70. The van der Waals surface area contributed by atoms with Gasteiger partial charge < -0.3 is 25.0 Å². The SMILES string of the molecule is COc1cnc2c(-c3nc4cc(F)c(OC(C)C(C)N(C(=O)O)c5ccnc(C(=O)NC[C@@H](C)O)c5)cc4s3)cc(C)cc2n1. The highest BCUT2D eigenvalue weighted by Crippen LogP contribution is 2.37. The van der Waals surface area contributed by atoms with Gasteiger partial charge in [0.1, 0.15) is 16.8 Å². The fourth-order valence-corrected chi connectivity index (χ4v) is 5.69. The van der Waals surface area contributed by atoms with E-state index < -0.39 is 36.1 Å². The molecule has 0 saturated heterocycles. The van der Waals surface area contributed by atoms with Crippen LogP contribution < -0.4 is 19.7 Å². The zero-order valence-corrected chi connectivity index (χ0v) is 25.9. The molecule has 0 aliphatic rings. The molecule has 0 saturated carbocycles. The van der Waals surface area contributed by atoms with Gasteiger partial charge in [-0.2, -0.15) is 0 Å². The van der Waals surface area contributed by atoms with Gasteiger partial charge in [-0.05, 0) is 57.5 Å². The molecule has 3 atom stereocenters. The molecular formula is C31H31FN6O6S. The number of amides is 2. The van der Waals surface area contributed by atoms with Crippen molar-refractivity contribution in [2.45, 2.75) is 45.9 Å². The van der Waals surface area contributed by atoms with Crippen molar-refractivity contribution in [3.8, 4) is 22.2 Å². The number of ether oxygens (including phenoxy) is 2. The van der Waals surface area contributed by atoms with Gasteiger partial charge in [0, 0.05) is 30.4 Å². The average Bonchev–Trinajstić information content (AvgIpc) is 3.41. The van der Waals surface area contributed by atoms with Gasteiger partial charge in [0.05, 0.1) is 52.4 Å². The van der Waals surface area contributed by atoms with E-state index in [1.54, 1.807) is 19.9 Å². The minimum Gasteiger partial charge on any atom is -0.485 e. The number of aliphatic hydroxyl groups excluding tert-OH is 1. The lowest BCUT2D eigenvalue weighted by Crippen LogP contribution is -2.46. The second-order valence-corrected chi connectivity index (χ2v) is 11.6. The van der Waals surface area contributed by atoms with Gasteiger partial charge in [-0.15, -0.1) is 11.3 Å². The third-order valence-electron chi connectivity index (χ3n) is 7.07. The van der Waals surface area contributed by atoms with Crippen LogP contribution in [-0.2, 0) is 0 Å². The third-order valence-corrected chi connectivity index (χ3v) is 8.12. The Kier molecular flexibility index (Phi) is 9.06. The minimum atomic E-state index is -1.30. The number of carboxylic acid groups (broad SMARTS) is 1. The summed E-state index contributed by atoms with van der Waals surface area (Å²) in [7, 11) is 1.52. The predicted octanol–water partition coefficient (Wildman–Crippen LogP) is 5.21. The van der Waals surface area contributed by atoms with Crippen molar-refractivity contribution in [2.24, 2.45) is 0 Å². The molecule has 0 aliphatic heterocycles. The molecule has 234 valence electrons. The zero-order valence-electron chi connectivity index (χ0n) is 25.1. The van der Waals surface area contributed by atoms with Crippen molar-refractivity contribution in [3.63, 3.8) is 0 Å². The van der Waals surface area contributed by atoms with Crippen LogP contribution in [0.1, 0.15) is 36.8 Å². The number of thiazole rings is 1. The molecule has 12 nitrogen and oxygen atoms in total. The van der Waals surface area contributed by atoms with E-state index in [-0.39, 0.29) is 23.7 Å². The zero-order chi connectivity index (χ0) is 32.4. The first kappa shape index (κ1) is 31.5. The number of halogens is 1. The molecule has 3 heterocycles. The van der Waals surface area contributed by atoms with Gasteiger partial charge in [-0.1, -0.05) is 0 Å². The monoisotopic (exact) mass is 634 g/mol. The Morgan fingerprint density at radius 2 is 1.87 bits per heavy atom. The number of carbonyl (C=O) groups is 2. The molecule has 2 unspecified atom stereocenters. The van der Waals surface area contributed by atoms with E-state index in [9.17, 15) is 19.8 Å². The van der Waals surface area contributed by atoms with E-state index in [4.69, 9.17) is 9.47 Å². The number of aliphatic hydroxyl groups is 1. The van der Waals surface area contributed by atoms with Gasteiger partial charge in [0.25, 0.3) is 5.91 Å². The van der Waals surface area contributed by atoms with Gasteiger partial charge in [0.2, 0.25) is 5.88 Å². The molecule has 3 N–H and O–H groups in total. The third kappa shape index (κ3) is 6.76. The largest absolute Gasteiger partial charge is 0.485 e. The number of fused-ring (bicyclic) bond motifs is 2. The first-order chi connectivity index (χ1) is 21.4. The maximum atomic E-state index is 15.3. The smallest absolute Gasteiger partial charge is 0.412 e. The Morgan fingerprint density at radius 1 is 1.09 bits per heavy atom. The van der Waals surface area contributed by atoms with E-state index in [1.807, 2.05) is 19.1 Å². The number of benzene rings is 2. The first-order valence-electron chi connectivity index (χ1n) is 14.0. The minimum absolute atomic E-state index is 0.0106. The maximum Gasteiger partial charge on any atom is 0.412 e. The van der Waals surface area contributed by atoms with E-state index in [1.165, 1.54) is 56.0 Å². The summed E-state index contributed by atoms with van der Waals surface area (Å²) in [5, 5.41) is 22.7. The Labute approximate surface area is 261 Å². The number of nitrogens with zero attached hydrogens (tertiary/aromatic N) is 5. The van der Waals surface area contributed by atoms with Crippen LogP contribution in [0.3, 0.4) is 0 Å². The second kappa shape index (κ2) is 13.0. The van der Waals surface area contributed by atoms with Crippen LogP contribution in [0.5, 0.6) is 11.6 Å². The molecule has 0 bridgehead atoms. The van der Waals surface area contributed by atoms with E-state index in [0.29, 0.717) is 32.1 Å². The van der Waals surface area contributed by atoms with Crippen LogP contribution in [0.4, 0.5) is 14.9 Å². The number of anilines is 1. The molecule has 0 aliphatic carbocycles. The maximum absolute atomic E-state index is 15.3. The Bertz CT molecular complexity index is 1900. The summed E-state index contributed by atoms with van der Waals surface area (Å²) in [6, 6.07) is 8.64. The van der Waals surface area contributed by atoms with Crippen molar-refractivity contribution in [3.05, 3.63) is 65.9 Å². The van der Waals surface area contributed by atoms with Crippen LogP contribution in [-0.4, -0.2) is 74.1 Å². The lowest BCUT2D eigenvalue weighted by Gasteiger charge is -2.31. The van der Waals surface area contributed by atoms with E-state index in [0.717, 1.165) is 16.0 Å². The van der Waals surface area contributed by atoms with Crippen LogP contribution in [0, 0.1) is 12.7 Å². The number of carbonyl (C=O) groups excluding carboxylic acids is 1. The summed E-state index contributed by atoms with van der Waals surface area (Å²) in [5.41, 5.74) is 3.56. The molecule has 14 heteroatoms. The summed E-state index contributed by atoms with van der Waals surface area (Å²) >= 11 is 1.34. The van der Waals surface area contributed by atoms with E-state index >= 15 is 4.39 Å². The summed E-state index contributed by atoms with van der Waals surface area (Å²) in [4.78, 5) is 43.5. The molecule has 3 aromatic heterocycles. The van der Waals surface area contributed by atoms with Crippen molar-refractivity contribution >= 4 is 50.3 Å². The van der Waals surface area contributed by atoms with Crippen molar-refractivity contribution in [1.29, 1.82) is 0 Å². The average molecular weight is 635 g/mol. The van der Waals surface area contributed by atoms with Crippen LogP contribution >= 0.6 is 11.3 Å². The van der Waals surface area contributed by atoms with Gasteiger partial charge >= 0.3 is 6.09 Å². The highest BCUT2D eigenvalue weighted by molar-refractivity contribution is 7.21. The Hall–Kier alpha value is -4.95. The molecule has 5 aromatic rings. The number of methoxy groups -OCH3 is 1. The highest BCUT2D eigenvalue weighted by atomic mass is 32.1. The second-order valence-electron chi connectivity index (χ2n) is 10.5. The number of aryl methyl sites for hydroxylation is 1. The molecular weight excluding hydrogens is 603 g/mol. The van der Waals surface area contributed by atoms with Crippen LogP contribution in [0.25, 0.3) is 31.8 Å². The van der Waals surface area contributed by atoms with Crippen molar-refractivity contribution in [1.82, 2.24) is 25.3 Å². The Morgan fingerprint density at radius 3 is 2.58 bits per heavy atom. The number of hydrogen-bond donors (Lipinski definition) is 3. The van der Waals surface area contributed by atoms with Crippen LogP contribution in [0.15, 0.2) is 48.8 Å². The topological polar surface area (TPSA) is 160 Å². The molecule has 5 rings (SSSR count). The summed E-state index contributed by atoms with van der Waals surface area (Å²) in [5.74, 6) is -0.891. The molecule has 2 amide bonds. The normalized spacial score (nSPS) is 13.3. The molecule has 45 heavy (non-hydrogen) atoms. The lowest BCUT2D eigenvalue weighted by molar-refractivity contribution is 0.0919. The number of rotatable bonds is 10. The molecule has 2 aromatic carbocycles. The fraction of sp³-hybridized carbons (Fsp3) is 0.290. The Balaban J connectivity index is 1.41. The molecule has 0 fully saturated rings. The van der Waals surface area contributed by atoms with Gasteiger partial charge in [-0.3, -0.25) is 14.7 Å². The predicted molar refractivity (Wildman–Crippen MR) is 168 cm³/mol. The van der Waals surface area contributed by atoms with Gasteiger partial charge in [0.15, 0.2) is 11.6 Å². The number of hydrogen-bond acceptors (Lipinski definition) is 10. The number of nitrogens with one attached hydrogen (secondary N) is 1. The number of pyridine rings is 1. The standard InChI is InChI=1S/C31H31FN6O6S/c1-15-8-20(28-23(9-15)36-27(43-5)14-34-28)30-37-22-11-21(32)25(12-26(22)45-30)44-18(4)17(3)38(31(41)42)19-6-7-33-24(10-19)29(40)35-13-16(2)39/h6-12,14,16-18,39H,13H2,1-5H3,(H,35,40)(H,41,42)/t16-,17?,18?/m1/s1.